The van der Waals surface area contributed by atoms with Crippen LogP contribution in [0.5, 0.6) is 0 Å². The van der Waals surface area contributed by atoms with Crippen LogP contribution in [0.15, 0.2) is 42.6 Å². The number of rotatable bonds is 2. The van der Waals surface area contributed by atoms with Crippen molar-refractivity contribution in [2.75, 3.05) is 0 Å². The highest BCUT2D eigenvalue weighted by Gasteiger charge is 2.54. The summed E-state index contributed by atoms with van der Waals surface area (Å²) in [6.45, 7) is 10.6. The lowest BCUT2D eigenvalue weighted by Gasteiger charge is -2.32. The molecular formula is C18H24BNO2. The fourth-order valence-electron chi connectivity index (χ4n) is 2.93. The molecule has 0 N–H and O–H groups in total. The lowest BCUT2D eigenvalue weighted by atomic mass is 9.63. The molecule has 22 heavy (non-hydrogen) atoms. The second-order valence-corrected chi connectivity index (χ2v) is 7.26. The fourth-order valence-corrected chi connectivity index (χ4v) is 2.93. The van der Waals surface area contributed by atoms with Crippen molar-refractivity contribution in [2.24, 2.45) is 5.92 Å². The Morgan fingerprint density at radius 1 is 1.09 bits per heavy atom. The van der Waals surface area contributed by atoms with Crippen molar-refractivity contribution in [3.8, 4) is 0 Å². The topological polar surface area (TPSA) is 31.4 Å². The minimum Gasteiger partial charge on any atom is -0.403 e. The minimum absolute atomic E-state index is 0.196. The van der Waals surface area contributed by atoms with E-state index in [9.17, 15) is 0 Å². The van der Waals surface area contributed by atoms with Crippen LogP contribution in [-0.4, -0.2) is 23.3 Å². The Labute approximate surface area is 133 Å². The van der Waals surface area contributed by atoms with Gasteiger partial charge in [-0.15, -0.1) is 0 Å². The van der Waals surface area contributed by atoms with Crippen molar-refractivity contribution in [2.45, 2.75) is 51.6 Å². The van der Waals surface area contributed by atoms with Gasteiger partial charge >= 0.3 is 7.12 Å². The van der Waals surface area contributed by atoms with E-state index in [0.29, 0.717) is 5.92 Å². The second-order valence-electron chi connectivity index (χ2n) is 7.26. The van der Waals surface area contributed by atoms with Gasteiger partial charge in [0.15, 0.2) is 0 Å². The maximum absolute atomic E-state index is 6.20. The van der Waals surface area contributed by atoms with Crippen molar-refractivity contribution in [1.29, 1.82) is 0 Å². The highest BCUT2D eigenvalue weighted by Crippen LogP contribution is 2.44. The molecule has 0 saturated carbocycles. The van der Waals surface area contributed by atoms with Gasteiger partial charge in [-0.05, 0) is 51.3 Å². The van der Waals surface area contributed by atoms with E-state index in [2.05, 4.69) is 57.8 Å². The first-order valence-electron chi connectivity index (χ1n) is 7.97. The molecule has 3 rings (SSSR count). The first-order valence-corrected chi connectivity index (χ1v) is 7.97. The maximum atomic E-state index is 6.20. The third-order valence-corrected chi connectivity index (χ3v) is 5.09. The van der Waals surface area contributed by atoms with Crippen molar-refractivity contribution in [3.05, 3.63) is 48.3 Å². The largest absolute Gasteiger partial charge is 0.465 e. The smallest absolute Gasteiger partial charge is 0.403 e. The zero-order valence-electron chi connectivity index (χ0n) is 14.0. The molecule has 1 aromatic rings. The number of hydrogen-bond donors (Lipinski definition) is 0. The van der Waals surface area contributed by atoms with E-state index < -0.39 is 0 Å². The highest BCUT2D eigenvalue weighted by molar-refractivity contribution is 6.48. The summed E-state index contributed by atoms with van der Waals surface area (Å²) in [6.07, 6.45) is 8.43. The molecule has 2 aliphatic rings. The van der Waals surface area contributed by atoms with Crippen molar-refractivity contribution >= 4 is 12.7 Å². The van der Waals surface area contributed by atoms with Crippen LogP contribution in [0.2, 0.25) is 5.82 Å². The molecule has 1 aliphatic carbocycles. The number of aromatic nitrogens is 1. The Kier molecular flexibility index (Phi) is 3.78. The quantitative estimate of drug-likeness (QED) is 0.769. The van der Waals surface area contributed by atoms with E-state index >= 15 is 0 Å². The van der Waals surface area contributed by atoms with E-state index in [1.165, 1.54) is 5.57 Å². The van der Waals surface area contributed by atoms with E-state index in [0.717, 1.165) is 5.69 Å². The van der Waals surface area contributed by atoms with E-state index in [1.807, 2.05) is 24.4 Å². The van der Waals surface area contributed by atoms with Gasteiger partial charge in [0.05, 0.1) is 16.9 Å². The first-order chi connectivity index (χ1) is 10.3. The summed E-state index contributed by atoms with van der Waals surface area (Å²) in [5.41, 5.74) is 1.62. The van der Waals surface area contributed by atoms with Crippen LogP contribution >= 0.6 is 0 Å². The highest BCUT2D eigenvalue weighted by atomic mass is 16.7. The summed E-state index contributed by atoms with van der Waals surface area (Å²) in [4.78, 5) is 4.42. The molecule has 4 heteroatoms. The molecule has 1 fully saturated rings. The molecule has 1 aliphatic heterocycles. The molecule has 0 bridgehead atoms. The average molecular weight is 297 g/mol. The van der Waals surface area contributed by atoms with Crippen molar-refractivity contribution in [1.82, 2.24) is 4.98 Å². The average Bonchev–Trinajstić information content (AvgIpc) is 2.68. The molecule has 1 saturated heterocycles. The van der Waals surface area contributed by atoms with E-state index in [4.69, 9.17) is 9.31 Å². The SMILES string of the molecule is CC1C=C(c2ccccn2)C=CC1B1OC(C)(C)C(C)(C)O1. The van der Waals surface area contributed by atoms with Crippen molar-refractivity contribution < 1.29 is 9.31 Å². The Bertz CT molecular complexity index is 591. The summed E-state index contributed by atoms with van der Waals surface area (Å²) >= 11 is 0. The van der Waals surface area contributed by atoms with Gasteiger partial charge in [0, 0.05) is 12.0 Å². The molecule has 0 radical (unpaired) electrons. The molecular weight excluding hydrogens is 273 g/mol. The maximum Gasteiger partial charge on any atom is 0.465 e. The molecule has 2 heterocycles. The first kappa shape index (κ1) is 15.5. The van der Waals surface area contributed by atoms with Crippen LogP contribution < -0.4 is 0 Å². The van der Waals surface area contributed by atoms with Gasteiger partial charge in [0.1, 0.15) is 0 Å². The Balaban J connectivity index is 1.78. The molecule has 0 spiro atoms. The van der Waals surface area contributed by atoms with Crippen LogP contribution in [0.3, 0.4) is 0 Å². The second kappa shape index (κ2) is 5.36. The molecule has 0 amide bonds. The number of hydrogen-bond acceptors (Lipinski definition) is 3. The van der Waals surface area contributed by atoms with Crippen molar-refractivity contribution in [3.63, 3.8) is 0 Å². The predicted octanol–water partition coefficient (Wildman–Crippen LogP) is 4.13. The van der Waals surface area contributed by atoms with Gasteiger partial charge in [0.25, 0.3) is 0 Å². The fraction of sp³-hybridized carbons (Fsp3) is 0.500. The summed E-state index contributed by atoms with van der Waals surface area (Å²) < 4.78 is 12.4. The van der Waals surface area contributed by atoms with E-state index in [1.54, 1.807) is 0 Å². The Hall–Kier alpha value is -1.39. The Morgan fingerprint density at radius 2 is 1.77 bits per heavy atom. The van der Waals surface area contributed by atoms with Gasteiger partial charge in [-0.1, -0.05) is 31.2 Å². The Morgan fingerprint density at radius 3 is 2.32 bits per heavy atom. The van der Waals surface area contributed by atoms with Gasteiger partial charge in [0.2, 0.25) is 0 Å². The molecule has 1 aromatic heterocycles. The van der Waals surface area contributed by atoms with E-state index in [-0.39, 0.29) is 24.1 Å². The third kappa shape index (κ3) is 2.66. The van der Waals surface area contributed by atoms with Gasteiger partial charge in [-0.3, -0.25) is 4.98 Å². The van der Waals surface area contributed by atoms with Crippen LogP contribution in [0.1, 0.15) is 40.3 Å². The van der Waals surface area contributed by atoms with Gasteiger partial charge in [-0.25, -0.2) is 0 Å². The van der Waals surface area contributed by atoms with Gasteiger partial charge < -0.3 is 9.31 Å². The molecule has 116 valence electrons. The standard InChI is InChI=1S/C18H24BNO2/c1-13-12-14(16-8-6-7-11-20-16)9-10-15(13)19-21-17(2,3)18(4,5)22-19/h6-13,15H,1-5H3. The third-order valence-electron chi connectivity index (χ3n) is 5.09. The normalized spacial score (nSPS) is 29.5. The zero-order chi connectivity index (χ0) is 16.0. The lowest BCUT2D eigenvalue weighted by molar-refractivity contribution is 0.00578. The summed E-state index contributed by atoms with van der Waals surface area (Å²) in [5, 5.41) is 0. The number of pyridine rings is 1. The molecule has 2 atom stereocenters. The molecule has 2 unspecified atom stereocenters. The summed E-state index contributed by atoms with van der Waals surface area (Å²) in [5.74, 6) is 0.574. The molecule has 3 nitrogen and oxygen atoms in total. The number of allylic oxidation sites excluding steroid dienone is 4. The molecule has 0 aromatic carbocycles. The van der Waals surface area contributed by atoms with Crippen LogP contribution in [-0.2, 0) is 9.31 Å². The van der Waals surface area contributed by atoms with Gasteiger partial charge in [-0.2, -0.15) is 0 Å². The van der Waals surface area contributed by atoms with Crippen LogP contribution in [0, 0.1) is 5.92 Å². The zero-order valence-corrected chi connectivity index (χ0v) is 14.0. The minimum atomic E-state index is -0.282. The summed E-state index contributed by atoms with van der Waals surface area (Å²) in [6, 6.07) is 5.99. The van der Waals surface area contributed by atoms with Crippen LogP contribution in [0.4, 0.5) is 0 Å². The summed E-state index contributed by atoms with van der Waals surface area (Å²) in [7, 11) is -0.196. The number of nitrogens with zero attached hydrogens (tertiary/aromatic N) is 1. The predicted molar refractivity (Wildman–Crippen MR) is 90.4 cm³/mol. The van der Waals surface area contributed by atoms with Crippen LogP contribution in [0.25, 0.3) is 5.57 Å². The monoisotopic (exact) mass is 297 g/mol. The lowest BCUT2D eigenvalue weighted by Crippen LogP contribution is -2.41.